The number of nitrogens with zero attached hydrogens (tertiary/aromatic N) is 1. The fourth-order valence-electron chi connectivity index (χ4n) is 2.34. The van der Waals surface area contributed by atoms with Crippen LogP contribution in [0.2, 0.25) is 0 Å². The Balaban J connectivity index is 2.46. The van der Waals surface area contributed by atoms with Gasteiger partial charge >= 0.3 is 0 Å². The van der Waals surface area contributed by atoms with Gasteiger partial charge in [0.2, 0.25) is 0 Å². The lowest BCUT2D eigenvalue weighted by molar-refractivity contribution is 0.278. The highest BCUT2D eigenvalue weighted by Gasteiger charge is 2.07. The lowest BCUT2D eigenvalue weighted by atomic mass is 10.1. The minimum Gasteiger partial charge on any atom is -0.395 e. The van der Waals surface area contributed by atoms with Crippen molar-refractivity contribution in [2.24, 2.45) is 0 Å². The minimum absolute atomic E-state index is 0.199. The van der Waals surface area contributed by atoms with Gasteiger partial charge in [-0.25, -0.2) is 0 Å². The number of aryl methyl sites for hydroxylation is 2. The first-order valence-corrected chi connectivity index (χ1v) is 6.45. The lowest BCUT2D eigenvalue weighted by Crippen LogP contribution is -1.99. The molecule has 2 nitrogen and oxygen atoms in total. The topological polar surface area (TPSA) is 25.2 Å². The van der Waals surface area contributed by atoms with Crippen LogP contribution in [0.15, 0.2) is 24.4 Å². The van der Waals surface area contributed by atoms with E-state index in [-0.39, 0.29) is 6.61 Å². The molecule has 1 N–H and O–H groups in total. The van der Waals surface area contributed by atoms with Crippen LogP contribution in [0.3, 0.4) is 0 Å². The van der Waals surface area contributed by atoms with Crippen LogP contribution in [0.25, 0.3) is 10.9 Å². The van der Waals surface area contributed by atoms with E-state index in [9.17, 15) is 0 Å². The van der Waals surface area contributed by atoms with E-state index in [0.29, 0.717) is 6.54 Å². The van der Waals surface area contributed by atoms with E-state index in [1.165, 1.54) is 34.9 Å². The van der Waals surface area contributed by atoms with Crippen molar-refractivity contribution < 1.29 is 5.11 Å². The van der Waals surface area contributed by atoms with Gasteiger partial charge < -0.3 is 9.67 Å². The van der Waals surface area contributed by atoms with Crippen LogP contribution < -0.4 is 0 Å². The summed E-state index contributed by atoms with van der Waals surface area (Å²) < 4.78 is 2.17. The van der Waals surface area contributed by atoms with Crippen molar-refractivity contribution in [1.82, 2.24) is 4.57 Å². The van der Waals surface area contributed by atoms with Crippen molar-refractivity contribution in [3.8, 4) is 0 Å². The summed E-state index contributed by atoms with van der Waals surface area (Å²) in [4.78, 5) is 0. The Kier molecular flexibility index (Phi) is 3.85. The molecular formula is C15H21NO. The number of hydrogen-bond donors (Lipinski definition) is 1. The molecule has 0 saturated carbocycles. The molecule has 1 aromatic heterocycles. The monoisotopic (exact) mass is 231 g/mol. The zero-order chi connectivity index (χ0) is 12.3. The summed E-state index contributed by atoms with van der Waals surface area (Å²) in [6.45, 7) is 5.22. The number of aliphatic hydroxyl groups excluding tert-OH is 1. The molecule has 0 spiro atoms. The quantitative estimate of drug-likeness (QED) is 0.839. The average molecular weight is 231 g/mol. The van der Waals surface area contributed by atoms with E-state index in [4.69, 9.17) is 5.11 Å². The third-order valence-corrected chi connectivity index (χ3v) is 3.26. The van der Waals surface area contributed by atoms with Crippen LogP contribution in [-0.4, -0.2) is 16.3 Å². The van der Waals surface area contributed by atoms with Gasteiger partial charge in [0.25, 0.3) is 0 Å². The maximum atomic E-state index is 9.11. The molecule has 0 fully saturated rings. The Hall–Kier alpha value is -1.28. The number of hydrogen-bond acceptors (Lipinski definition) is 1. The first-order chi connectivity index (χ1) is 8.26. The second-order valence-corrected chi connectivity index (χ2v) is 4.70. The first kappa shape index (κ1) is 12.2. The van der Waals surface area contributed by atoms with Gasteiger partial charge in [0.05, 0.1) is 6.61 Å². The van der Waals surface area contributed by atoms with Crippen LogP contribution in [0, 0.1) is 6.92 Å². The number of rotatable bonds is 5. The second kappa shape index (κ2) is 5.37. The van der Waals surface area contributed by atoms with Crippen molar-refractivity contribution in [2.75, 3.05) is 6.61 Å². The number of benzene rings is 1. The molecule has 0 unspecified atom stereocenters. The number of unbranched alkanes of at least 4 members (excludes halogenated alkanes) is 1. The third-order valence-electron chi connectivity index (χ3n) is 3.26. The predicted molar refractivity (Wildman–Crippen MR) is 72.4 cm³/mol. The average Bonchev–Trinajstić information content (AvgIpc) is 2.65. The molecular weight excluding hydrogens is 210 g/mol. The highest BCUT2D eigenvalue weighted by molar-refractivity contribution is 5.84. The zero-order valence-corrected chi connectivity index (χ0v) is 10.7. The van der Waals surface area contributed by atoms with Gasteiger partial charge in [-0.05, 0) is 37.0 Å². The largest absolute Gasteiger partial charge is 0.395 e. The Morgan fingerprint density at radius 1 is 1.29 bits per heavy atom. The van der Waals surface area contributed by atoms with Crippen molar-refractivity contribution in [2.45, 2.75) is 39.7 Å². The van der Waals surface area contributed by atoms with Gasteiger partial charge in [-0.1, -0.05) is 25.5 Å². The number of fused-ring (bicyclic) bond motifs is 1. The highest BCUT2D eigenvalue weighted by atomic mass is 16.3. The molecule has 92 valence electrons. The summed E-state index contributed by atoms with van der Waals surface area (Å²) in [7, 11) is 0. The molecule has 0 aliphatic rings. The SMILES string of the molecule is CCCCc1cn(CCO)c2cc(C)ccc12. The first-order valence-electron chi connectivity index (χ1n) is 6.45. The number of aliphatic hydroxyl groups is 1. The molecule has 0 saturated heterocycles. The Labute approximate surface area is 103 Å². The predicted octanol–water partition coefficient (Wildman–Crippen LogP) is 3.28. The van der Waals surface area contributed by atoms with Crippen LogP contribution in [0.4, 0.5) is 0 Å². The summed E-state index contributed by atoms with van der Waals surface area (Å²) >= 11 is 0. The molecule has 17 heavy (non-hydrogen) atoms. The second-order valence-electron chi connectivity index (χ2n) is 4.70. The standard InChI is InChI=1S/C15H21NO/c1-3-4-5-13-11-16(8-9-17)15-10-12(2)6-7-14(13)15/h6-7,10-11,17H,3-5,8-9H2,1-2H3. The fraction of sp³-hybridized carbons (Fsp3) is 0.467. The summed E-state index contributed by atoms with van der Waals surface area (Å²) in [6, 6.07) is 6.59. The van der Waals surface area contributed by atoms with Gasteiger partial charge in [0.15, 0.2) is 0 Å². The van der Waals surface area contributed by atoms with E-state index >= 15 is 0 Å². The Morgan fingerprint density at radius 3 is 2.82 bits per heavy atom. The van der Waals surface area contributed by atoms with Crippen molar-refractivity contribution in [1.29, 1.82) is 0 Å². The Bertz CT molecular complexity index is 499. The maximum Gasteiger partial charge on any atom is 0.0610 e. The van der Waals surface area contributed by atoms with Crippen LogP contribution in [0.1, 0.15) is 30.9 Å². The molecule has 2 aromatic rings. The minimum atomic E-state index is 0.199. The normalized spacial score (nSPS) is 11.2. The van der Waals surface area contributed by atoms with Gasteiger partial charge in [0, 0.05) is 23.6 Å². The van der Waals surface area contributed by atoms with E-state index in [1.807, 2.05) is 0 Å². The zero-order valence-electron chi connectivity index (χ0n) is 10.7. The van der Waals surface area contributed by atoms with Crippen LogP contribution in [0.5, 0.6) is 0 Å². The molecule has 1 aromatic carbocycles. The van der Waals surface area contributed by atoms with E-state index in [2.05, 4.69) is 42.8 Å². The van der Waals surface area contributed by atoms with E-state index in [1.54, 1.807) is 0 Å². The Morgan fingerprint density at radius 2 is 2.12 bits per heavy atom. The molecule has 0 aliphatic heterocycles. The van der Waals surface area contributed by atoms with Crippen LogP contribution in [-0.2, 0) is 13.0 Å². The molecule has 0 atom stereocenters. The fourth-order valence-corrected chi connectivity index (χ4v) is 2.34. The van der Waals surface area contributed by atoms with Crippen molar-refractivity contribution in [3.05, 3.63) is 35.5 Å². The summed E-state index contributed by atoms with van der Waals surface area (Å²) in [6.07, 6.45) is 5.79. The highest BCUT2D eigenvalue weighted by Crippen LogP contribution is 2.24. The molecule has 2 heteroatoms. The van der Waals surface area contributed by atoms with Crippen LogP contribution >= 0.6 is 0 Å². The summed E-state index contributed by atoms with van der Waals surface area (Å²) in [5.41, 5.74) is 3.94. The van der Waals surface area contributed by atoms with E-state index < -0.39 is 0 Å². The molecule has 2 rings (SSSR count). The molecule has 0 bridgehead atoms. The van der Waals surface area contributed by atoms with Gasteiger partial charge in [-0.15, -0.1) is 0 Å². The summed E-state index contributed by atoms with van der Waals surface area (Å²) in [5, 5.41) is 10.5. The maximum absolute atomic E-state index is 9.11. The van der Waals surface area contributed by atoms with Gasteiger partial charge in [0.1, 0.15) is 0 Å². The van der Waals surface area contributed by atoms with Crippen molar-refractivity contribution >= 4 is 10.9 Å². The van der Waals surface area contributed by atoms with Crippen molar-refractivity contribution in [3.63, 3.8) is 0 Å². The smallest absolute Gasteiger partial charge is 0.0610 e. The number of aromatic nitrogens is 1. The molecule has 1 heterocycles. The van der Waals surface area contributed by atoms with E-state index in [0.717, 1.165) is 6.42 Å². The molecule has 0 radical (unpaired) electrons. The molecule has 0 amide bonds. The lowest BCUT2D eigenvalue weighted by Gasteiger charge is -2.02. The third kappa shape index (κ3) is 2.52. The molecule has 0 aliphatic carbocycles. The van der Waals surface area contributed by atoms with Gasteiger partial charge in [-0.2, -0.15) is 0 Å². The summed E-state index contributed by atoms with van der Waals surface area (Å²) in [5.74, 6) is 0. The van der Waals surface area contributed by atoms with Gasteiger partial charge in [-0.3, -0.25) is 0 Å².